The summed E-state index contributed by atoms with van der Waals surface area (Å²) >= 11 is 0. The largest absolute Gasteiger partial charge is 0.489 e. The zero-order chi connectivity index (χ0) is 21.8. The van der Waals surface area contributed by atoms with Gasteiger partial charge in [-0.1, -0.05) is 24.3 Å². The van der Waals surface area contributed by atoms with Crippen LogP contribution in [0.1, 0.15) is 44.0 Å². The van der Waals surface area contributed by atoms with E-state index in [9.17, 15) is 14.4 Å². The Balaban J connectivity index is 1.40. The molecule has 1 heterocycles. The number of allylic oxidation sites excluding steroid dienone is 1. The van der Waals surface area contributed by atoms with Crippen LogP contribution < -0.4 is 10.3 Å². The molecular formula is C25H21NO5. The number of aromatic amines is 1. The van der Waals surface area contributed by atoms with Gasteiger partial charge in [0.15, 0.2) is 5.78 Å². The average molecular weight is 415 g/mol. The number of H-pyrrole nitrogens is 1. The molecule has 0 radical (unpaired) electrons. The van der Waals surface area contributed by atoms with Gasteiger partial charge in [0.2, 0.25) is 5.56 Å². The molecule has 0 aliphatic heterocycles. The van der Waals surface area contributed by atoms with Crippen LogP contribution in [-0.4, -0.2) is 23.8 Å². The average Bonchev–Trinajstić information content (AvgIpc) is 2.80. The van der Waals surface area contributed by atoms with Gasteiger partial charge in [-0.2, -0.15) is 0 Å². The standard InChI is InChI=1S/C25H21NO5/c1-30-25(29)18-6-2-17(3-7-18)15-31-20-9-4-16(5-10-20)14-19-8-12-22-21(24(19)28)11-13-23(27)26-22/h2-7,9-11,13-14H,8,12,15H2,1H3,(H,26,27)/b19-14-. The van der Waals surface area contributed by atoms with Crippen molar-refractivity contribution in [1.29, 1.82) is 0 Å². The maximum Gasteiger partial charge on any atom is 0.337 e. The molecule has 1 aromatic heterocycles. The number of hydrogen-bond acceptors (Lipinski definition) is 5. The van der Waals surface area contributed by atoms with Crippen molar-refractivity contribution >= 4 is 17.8 Å². The quantitative estimate of drug-likeness (QED) is 0.504. The number of carbonyl (C=O) groups is 2. The van der Waals surface area contributed by atoms with Crippen LogP contribution >= 0.6 is 0 Å². The third kappa shape index (κ3) is 4.64. The normalized spacial score (nSPS) is 14.2. The maximum atomic E-state index is 12.7. The number of carbonyl (C=O) groups excluding carboxylic acids is 2. The number of aromatic nitrogens is 1. The number of benzene rings is 2. The van der Waals surface area contributed by atoms with E-state index in [1.807, 2.05) is 42.5 Å². The molecule has 1 aliphatic rings. The third-order valence-electron chi connectivity index (χ3n) is 5.18. The molecular weight excluding hydrogens is 394 g/mol. The number of nitrogens with one attached hydrogen (secondary N) is 1. The first-order valence-corrected chi connectivity index (χ1v) is 9.91. The molecule has 2 aromatic carbocycles. The van der Waals surface area contributed by atoms with Crippen LogP contribution in [0.5, 0.6) is 5.75 Å². The van der Waals surface area contributed by atoms with Gasteiger partial charge >= 0.3 is 5.97 Å². The first kappa shape index (κ1) is 20.3. The zero-order valence-corrected chi connectivity index (χ0v) is 17.0. The molecule has 0 amide bonds. The van der Waals surface area contributed by atoms with E-state index in [0.29, 0.717) is 42.0 Å². The van der Waals surface area contributed by atoms with Crippen molar-refractivity contribution in [3.63, 3.8) is 0 Å². The van der Waals surface area contributed by atoms with Crippen LogP contribution in [0.3, 0.4) is 0 Å². The van der Waals surface area contributed by atoms with E-state index < -0.39 is 0 Å². The van der Waals surface area contributed by atoms with E-state index >= 15 is 0 Å². The van der Waals surface area contributed by atoms with E-state index in [1.165, 1.54) is 13.2 Å². The molecule has 0 atom stereocenters. The van der Waals surface area contributed by atoms with Gasteiger partial charge in [-0.15, -0.1) is 0 Å². The van der Waals surface area contributed by atoms with Crippen LogP contribution in [0.25, 0.3) is 6.08 Å². The lowest BCUT2D eigenvalue weighted by molar-refractivity contribution is 0.0600. The van der Waals surface area contributed by atoms with Crippen molar-refractivity contribution in [2.45, 2.75) is 19.4 Å². The molecule has 3 aromatic rings. The molecule has 6 heteroatoms. The Labute approximate surface area is 179 Å². The van der Waals surface area contributed by atoms with Gasteiger partial charge in [-0.3, -0.25) is 9.59 Å². The summed E-state index contributed by atoms with van der Waals surface area (Å²) in [5, 5.41) is 0. The van der Waals surface area contributed by atoms with E-state index in [1.54, 1.807) is 18.2 Å². The number of methoxy groups -OCH3 is 1. The second kappa shape index (κ2) is 8.83. The molecule has 1 N–H and O–H groups in total. The Morgan fingerprint density at radius 3 is 2.42 bits per heavy atom. The SMILES string of the molecule is COC(=O)c1ccc(COc2ccc(/C=C3/CCc4[nH]c(=O)ccc4C3=O)cc2)cc1. The number of hydrogen-bond donors (Lipinski definition) is 1. The van der Waals surface area contributed by atoms with Crippen LogP contribution in [0.4, 0.5) is 0 Å². The van der Waals surface area contributed by atoms with Gasteiger partial charge in [-0.05, 0) is 60.4 Å². The lowest BCUT2D eigenvalue weighted by atomic mass is 9.89. The number of ketones is 1. The summed E-state index contributed by atoms with van der Waals surface area (Å²) < 4.78 is 10.5. The minimum Gasteiger partial charge on any atom is -0.489 e. The molecule has 0 saturated carbocycles. The first-order valence-electron chi connectivity index (χ1n) is 9.91. The summed E-state index contributed by atoms with van der Waals surface area (Å²) in [6.45, 7) is 0.370. The van der Waals surface area contributed by atoms with Crippen LogP contribution in [-0.2, 0) is 17.8 Å². The number of aryl methyl sites for hydroxylation is 1. The minimum absolute atomic E-state index is 0.0479. The van der Waals surface area contributed by atoms with Gasteiger partial charge in [0.1, 0.15) is 12.4 Å². The molecule has 0 bridgehead atoms. The van der Waals surface area contributed by atoms with Crippen LogP contribution in [0.15, 0.2) is 71.0 Å². The summed E-state index contributed by atoms with van der Waals surface area (Å²) in [7, 11) is 1.35. The number of esters is 1. The molecule has 0 unspecified atom stereocenters. The predicted molar refractivity (Wildman–Crippen MR) is 116 cm³/mol. The van der Waals surface area contributed by atoms with Crippen molar-refractivity contribution in [3.05, 3.63) is 105 Å². The molecule has 156 valence electrons. The van der Waals surface area contributed by atoms with Gasteiger partial charge in [-0.25, -0.2) is 4.79 Å². The Bertz CT molecular complexity index is 1200. The number of Topliss-reactive ketones (excluding diaryl/α,β-unsaturated/α-hetero) is 1. The van der Waals surface area contributed by atoms with Gasteiger partial charge in [0.05, 0.1) is 12.7 Å². The first-order chi connectivity index (χ1) is 15.0. The summed E-state index contributed by atoms with van der Waals surface area (Å²) in [5.41, 5.74) is 4.14. The van der Waals surface area contributed by atoms with E-state index in [0.717, 1.165) is 16.7 Å². The molecule has 1 aliphatic carbocycles. The Morgan fingerprint density at radius 2 is 1.71 bits per heavy atom. The minimum atomic E-state index is -0.370. The van der Waals surface area contributed by atoms with E-state index in [-0.39, 0.29) is 17.3 Å². The van der Waals surface area contributed by atoms with Crippen molar-refractivity contribution < 1.29 is 19.1 Å². The van der Waals surface area contributed by atoms with Gasteiger partial charge < -0.3 is 14.5 Å². The molecule has 31 heavy (non-hydrogen) atoms. The Hall–Kier alpha value is -3.93. The molecule has 6 nitrogen and oxygen atoms in total. The Kier molecular flexibility index (Phi) is 5.80. The van der Waals surface area contributed by atoms with Crippen molar-refractivity contribution in [2.75, 3.05) is 7.11 Å². The van der Waals surface area contributed by atoms with Crippen molar-refractivity contribution in [3.8, 4) is 5.75 Å². The molecule has 4 rings (SSSR count). The summed E-state index contributed by atoms with van der Waals surface area (Å²) in [6, 6.07) is 17.5. The van der Waals surface area contributed by atoms with Crippen LogP contribution in [0.2, 0.25) is 0 Å². The van der Waals surface area contributed by atoms with E-state index in [4.69, 9.17) is 4.74 Å². The van der Waals surface area contributed by atoms with Crippen molar-refractivity contribution in [2.24, 2.45) is 0 Å². The molecule has 0 spiro atoms. The van der Waals surface area contributed by atoms with Gasteiger partial charge in [0.25, 0.3) is 0 Å². The summed E-state index contributed by atoms with van der Waals surface area (Å²) in [6.07, 6.45) is 3.11. The molecule has 0 fully saturated rings. The zero-order valence-electron chi connectivity index (χ0n) is 17.0. The molecule has 0 saturated heterocycles. The summed E-state index contributed by atoms with van der Waals surface area (Å²) in [5.74, 6) is 0.288. The fourth-order valence-electron chi connectivity index (χ4n) is 3.49. The lowest BCUT2D eigenvalue weighted by Gasteiger charge is -2.16. The fourth-order valence-corrected chi connectivity index (χ4v) is 3.49. The van der Waals surface area contributed by atoms with E-state index in [2.05, 4.69) is 9.72 Å². The third-order valence-corrected chi connectivity index (χ3v) is 5.18. The monoisotopic (exact) mass is 415 g/mol. The van der Waals surface area contributed by atoms with Crippen molar-refractivity contribution in [1.82, 2.24) is 4.98 Å². The lowest BCUT2D eigenvalue weighted by Crippen LogP contribution is -2.19. The second-order valence-corrected chi connectivity index (χ2v) is 7.26. The summed E-state index contributed by atoms with van der Waals surface area (Å²) in [4.78, 5) is 38.4. The topological polar surface area (TPSA) is 85.5 Å². The van der Waals surface area contributed by atoms with Crippen LogP contribution in [0, 0.1) is 0 Å². The highest BCUT2D eigenvalue weighted by molar-refractivity contribution is 6.12. The maximum absolute atomic E-state index is 12.7. The fraction of sp³-hybridized carbons (Fsp3) is 0.160. The number of pyridine rings is 1. The highest BCUT2D eigenvalue weighted by atomic mass is 16.5. The number of ether oxygens (including phenoxy) is 2. The Morgan fingerprint density at radius 1 is 0.968 bits per heavy atom. The smallest absolute Gasteiger partial charge is 0.337 e. The number of rotatable bonds is 5. The van der Waals surface area contributed by atoms with Gasteiger partial charge in [0, 0.05) is 22.9 Å². The highest BCUT2D eigenvalue weighted by Gasteiger charge is 2.22. The second-order valence-electron chi connectivity index (χ2n) is 7.26. The predicted octanol–water partition coefficient (Wildman–Crippen LogP) is 3.95. The highest BCUT2D eigenvalue weighted by Crippen LogP contribution is 2.25. The number of fused-ring (bicyclic) bond motifs is 1.